The Morgan fingerprint density at radius 1 is 0.521 bits per heavy atom. The number of carbonyl (C=O) groups is 4. The Balaban J connectivity index is -0.000000409. The van der Waals surface area contributed by atoms with Crippen LogP contribution >= 0.6 is 0 Å². The minimum atomic E-state index is -5.05. The van der Waals surface area contributed by atoms with Gasteiger partial charge in [-0.2, -0.15) is 43.2 Å². The van der Waals surface area contributed by atoms with E-state index in [1.165, 1.54) is 0 Å². The van der Waals surface area contributed by atoms with E-state index < -0.39 is 88.6 Å². The molecule has 8 aliphatic carbocycles. The smallest absolute Gasteiger partial charge is 0.463 e. The first-order valence-corrected chi connectivity index (χ1v) is 23.6. The summed E-state index contributed by atoms with van der Waals surface area (Å²) >= 11 is -1.50. The second-order valence-corrected chi connectivity index (χ2v) is 19.3. The van der Waals surface area contributed by atoms with Gasteiger partial charge in [-0.1, -0.05) is 0 Å². The Hall–Kier alpha value is -2.47. The number of halogens is 6. The van der Waals surface area contributed by atoms with Crippen molar-refractivity contribution < 1.29 is 139 Å². The first kappa shape index (κ1) is 75.1. The van der Waals surface area contributed by atoms with Gasteiger partial charge in [-0.3, -0.25) is 9.59 Å². The fourth-order valence-corrected chi connectivity index (χ4v) is 9.82. The molecule has 0 aromatic heterocycles. The zero-order chi connectivity index (χ0) is 55.5. The van der Waals surface area contributed by atoms with Gasteiger partial charge in [0.2, 0.25) is 0 Å². The maximum atomic E-state index is 12.4. The van der Waals surface area contributed by atoms with Gasteiger partial charge in [0.15, 0.2) is 0 Å². The van der Waals surface area contributed by atoms with Crippen LogP contribution < -0.4 is 0 Å². The average molecular weight is 1120 g/mol. The van der Waals surface area contributed by atoms with Crippen LogP contribution in [0.2, 0.25) is 0 Å². The van der Waals surface area contributed by atoms with E-state index in [9.17, 15) is 55.7 Å². The third kappa shape index (κ3) is 32.5. The van der Waals surface area contributed by atoms with E-state index in [2.05, 4.69) is 9.47 Å². The van der Waals surface area contributed by atoms with Crippen LogP contribution in [0.25, 0.3) is 0 Å². The maximum absolute atomic E-state index is 12.4. The predicted molar refractivity (Wildman–Crippen MR) is 235 cm³/mol. The molecule has 0 aliphatic heterocycles. The van der Waals surface area contributed by atoms with Crippen molar-refractivity contribution in [2.45, 2.75) is 180 Å². The summed E-state index contributed by atoms with van der Waals surface area (Å²) in [6, 6.07) is 0. The van der Waals surface area contributed by atoms with E-state index in [0.29, 0.717) is 69.3 Å². The second-order valence-electron chi connectivity index (χ2n) is 19.1. The molecule has 8 saturated carbocycles. The molecule has 0 saturated heterocycles. The Kier molecular flexibility index (Phi) is 37.7. The van der Waals surface area contributed by atoms with Gasteiger partial charge in [-0.25, -0.2) is 9.59 Å². The maximum Gasteiger partial charge on any atom is 0.490 e. The molecular formula is C43H74F6O19S2Ti. The predicted octanol–water partition coefficient (Wildman–Crippen LogP) is 3.75. The van der Waals surface area contributed by atoms with Crippen molar-refractivity contribution in [1.82, 2.24) is 0 Å². The van der Waals surface area contributed by atoms with Crippen LogP contribution in [0.1, 0.15) is 132 Å². The normalized spacial score (nSPS) is 27.4. The molecule has 19 nitrogen and oxygen atoms in total. The minimum Gasteiger partial charge on any atom is -0.463 e. The van der Waals surface area contributed by atoms with Gasteiger partial charge in [0, 0.05) is 46.1 Å². The summed E-state index contributed by atoms with van der Waals surface area (Å²) < 4.78 is 120. The molecule has 418 valence electrons. The molecule has 8 fully saturated rings. The number of ether oxygens (including phenoxy) is 4. The molecule has 0 radical (unpaired) electrons. The molecule has 0 spiro atoms. The van der Waals surface area contributed by atoms with Crippen molar-refractivity contribution in [2.24, 2.45) is 34.5 Å². The van der Waals surface area contributed by atoms with Gasteiger partial charge >= 0.3 is 59.4 Å². The zero-order valence-electron chi connectivity index (χ0n) is 41.5. The van der Waals surface area contributed by atoms with Gasteiger partial charge in [0.25, 0.3) is 0 Å². The topological polar surface area (TPSA) is 315 Å². The Morgan fingerprint density at radius 3 is 0.958 bits per heavy atom. The number of aliphatic hydroxyl groups is 7. The first-order chi connectivity index (χ1) is 31.9. The van der Waals surface area contributed by atoms with E-state index >= 15 is 0 Å². The summed E-state index contributed by atoms with van der Waals surface area (Å²) in [7, 11) is 0.676. The van der Waals surface area contributed by atoms with Gasteiger partial charge in [0.1, 0.15) is 19.8 Å². The Labute approximate surface area is 432 Å². The third-order valence-corrected chi connectivity index (χ3v) is 10.4. The Bertz CT molecular complexity index is 1550. The molecule has 4 unspecified atom stereocenters. The summed E-state index contributed by atoms with van der Waals surface area (Å²) in [5.41, 5.74) is -2.62. The minimum absolute atomic E-state index is 0. The van der Waals surface area contributed by atoms with Crippen molar-refractivity contribution in [3.8, 4) is 0 Å². The number of alkyl halides is 6. The molecule has 7 N–H and O–H groups in total. The summed E-state index contributed by atoms with van der Waals surface area (Å²) in [5, 5.41) is 62.0. The SMILES string of the molecule is CC(C)O.CC(C)O.CC(C)O.CC(C)O.COC(=O)C(F)(F)F.O=C(OCCO)C12CC3CC(CC(O)(C3)C1)C2.O=C(OCCOC(=O)C12CC3CC(CC(O)(C3)C1)C2)C(F)(F)F.O=S=O.O=S=O.[Ti]. The standard InChI is InChI=1S/C15H19F3O5.C13H20O4.C3H3F3O2.4C3H8O.2O2S.Ti/c16-15(17,18)12(20)23-2-1-22-11(19)13-4-9-3-10(5-13)7-14(21,6-9)8-13;14-1-2-17-11(15)12-4-9-3-10(5-12)7-13(16,6-9)8-12;1-8-2(7)3(4,5)6;4*1-3(2)4;2*1-3-2;/h9-10,21H,1-8H2;9-10,14,16H,1-8H2;1H3;4*3-4H,1-2H3;;;. The van der Waals surface area contributed by atoms with Crippen LogP contribution in [0, 0.1) is 34.5 Å². The van der Waals surface area contributed by atoms with Crippen molar-refractivity contribution in [3.05, 3.63) is 0 Å². The quantitative estimate of drug-likeness (QED) is 0.0628. The molecule has 0 aromatic rings. The number of rotatable bonds is 7. The molecule has 8 rings (SSSR count). The zero-order valence-corrected chi connectivity index (χ0v) is 44.7. The van der Waals surface area contributed by atoms with E-state index in [-0.39, 0.29) is 65.3 Å². The molecule has 0 amide bonds. The molecule has 0 aromatic carbocycles. The number of methoxy groups -OCH3 is 1. The van der Waals surface area contributed by atoms with Crippen molar-refractivity contribution in [2.75, 3.05) is 33.5 Å². The largest absolute Gasteiger partial charge is 0.490 e. The van der Waals surface area contributed by atoms with E-state index in [1.54, 1.807) is 55.4 Å². The number of aliphatic hydroxyl groups excluding tert-OH is 5. The average Bonchev–Trinajstić information content (AvgIpc) is 3.15. The van der Waals surface area contributed by atoms with Crippen molar-refractivity contribution in [1.29, 1.82) is 0 Å². The van der Waals surface area contributed by atoms with E-state index in [4.69, 9.17) is 51.8 Å². The summed E-state index contributed by atoms with van der Waals surface area (Å²) in [4.78, 5) is 44.6. The molecule has 8 aliphatic rings. The molecule has 8 bridgehead atoms. The number of hydrogen-bond acceptors (Lipinski definition) is 19. The molecular weight excluding hydrogens is 1050 g/mol. The fraction of sp³-hybridized carbons (Fsp3) is 0.907. The third-order valence-electron chi connectivity index (χ3n) is 10.4. The van der Waals surface area contributed by atoms with Crippen LogP contribution in [0.3, 0.4) is 0 Å². The summed E-state index contributed by atoms with van der Waals surface area (Å²) in [6.45, 7) is 12.7. The monoisotopic (exact) mass is 1120 g/mol. The Morgan fingerprint density at radius 2 is 0.761 bits per heavy atom. The summed E-state index contributed by atoms with van der Waals surface area (Å²) in [5.74, 6) is -3.57. The first-order valence-electron chi connectivity index (χ1n) is 22.3. The van der Waals surface area contributed by atoms with Crippen molar-refractivity contribution in [3.63, 3.8) is 0 Å². The van der Waals surface area contributed by atoms with Crippen molar-refractivity contribution >= 4 is 47.0 Å². The number of hydrogen-bond donors (Lipinski definition) is 7. The van der Waals surface area contributed by atoms with Gasteiger partial charge in [0.05, 0.1) is 35.7 Å². The molecule has 4 atom stereocenters. The molecule has 0 heterocycles. The fourth-order valence-electron chi connectivity index (χ4n) is 9.82. The van der Waals surface area contributed by atoms with Gasteiger partial charge in [-0.15, -0.1) is 0 Å². The van der Waals surface area contributed by atoms with Crippen LogP contribution in [0.5, 0.6) is 0 Å². The molecule has 71 heavy (non-hydrogen) atoms. The van der Waals surface area contributed by atoms with Crippen LogP contribution in [0.4, 0.5) is 26.3 Å². The van der Waals surface area contributed by atoms with E-state index in [0.717, 1.165) is 38.5 Å². The van der Waals surface area contributed by atoms with E-state index in [1.807, 2.05) is 0 Å². The number of esters is 4. The van der Waals surface area contributed by atoms with Crippen LogP contribution in [0.15, 0.2) is 0 Å². The summed E-state index contributed by atoms with van der Waals surface area (Å²) in [6.07, 6.45) is -1.27. The second kappa shape index (κ2) is 35.7. The van der Waals surface area contributed by atoms with Crippen LogP contribution in [-0.4, -0.2) is 158 Å². The van der Waals surface area contributed by atoms with Gasteiger partial charge in [-0.05, 0) is 156 Å². The van der Waals surface area contributed by atoms with Crippen LogP contribution in [-0.2, 0) is 83.0 Å². The van der Waals surface area contributed by atoms with Gasteiger partial charge < -0.3 is 54.7 Å². The molecule has 28 heteroatoms. The number of carbonyl (C=O) groups excluding carboxylic acids is 4.